The molecule has 0 unspecified atom stereocenters. The summed E-state index contributed by atoms with van der Waals surface area (Å²) >= 11 is 2.96. The minimum absolute atomic E-state index is 0.0423. The van der Waals surface area contributed by atoms with Gasteiger partial charge in [0.1, 0.15) is 18.2 Å². The first kappa shape index (κ1) is 53.3. The van der Waals surface area contributed by atoms with E-state index in [0.29, 0.717) is 35.6 Å². The zero-order valence-electron chi connectivity index (χ0n) is 43.8. The van der Waals surface area contributed by atoms with E-state index in [9.17, 15) is 29.1 Å². The topological polar surface area (TPSA) is 246 Å². The van der Waals surface area contributed by atoms with E-state index >= 15 is 0 Å². The van der Waals surface area contributed by atoms with E-state index in [0.717, 1.165) is 75.1 Å². The van der Waals surface area contributed by atoms with Crippen LogP contribution in [-0.4, -0.2) is 139 Å². The molecular weight excluding hydrogens is 1020 g/mol. The zero-order chi connectivity index (χ0) is 54.0. The highest BCUT2D eigenvalue weighted by molar-refractivity contribution is 7.22. The number of aromatic nitrogens is 5. The van der Waals surface area contributed by atoms with Crippen LogP contribution in [0.3, 0.4) is 0 Å². The second kappa shape index (κ2) is 22.8. The predicted octanol–water partition coefficient (Wildman–Crippen LogP) is 6.86. The van der Waals surface area contributed by atoms with E-state index in [-0.39, 0.29) is 61.8 Å². The fraction of sp³-hybridized carbons (Fsp3) is 0.455. The van der Waals surface area contributed by atoms with Crippen molar-refractivity contribution in [3.05, 3.63) is 89.6 Å². The Kier molecular flexibility index (Phi) is 15.8. The van der Waals surface area contributed by atoms with Crippen molar-refractivity contribution < 1.29 is 38.6 Å². The average molecular weight is 1090 g/mol. The highest BCUT2D eigenvalue weighted by atomic mass is 32.1. The normalized spacial score (nSPS) is 20.0. The van der Waals surface area contributed by atoms with Gasteiger partial charge in [-0.05, 0) is 86.3 Å². The SMILES string of the molecule is Cc1ncc(-c2ccc3nc(NC(=O)CN4[C@@H]5C[C@H]4CN(c4ncc(OCC(=O)N[C@H](C(=O)N6C[C@H](O)C[C@H]6C(=O)NCc6ccc(-c7scnc7C)cc6)C(C)(C)C)cn4)C5)sc3c2)cc1NC(=O)OC1CCCCC1. The molecule has 8 heterocycles. The number of fused-ring (bicyclic) bond motifs is 3. The molecule has 11 rings (SSSR count). The molecule has 5 N–H and O–H groups in total. The molecule has 22 heteroatoms. The van der Waals surface area contributed by atoms with Gasteiger partial charge >= 0.3 is 6.09 Å². The molecule has 0 radical (unpaired) electrons. The van der Waals surface area contributed by atoms with Gasteiger partial charge < -0.3 is 40.3 Å². The van der Waals surface area contributed by atoms with Crippen LogP contribution in [-0.2, 0) is 30.5 Å². The lowest BCUT2D eigenvalue weighted by Gasteiger charge is -2.56. The van der Waals surface area contributed by atoms with Gasteiger partial charge in [0.15, 0.2) is 17.5 Å². The van der Waals surface area contributed by atoms with Crippen molar-refractivity contribution in [1.82, 2.24) is 45.4 Å². The Morgan fingerprint density at radius 2 is 1.56 bits per heavy atom. The summed E-state index contributed by atoms with van der Waals surface area (Å²) in [6.07, 6.45) is 9.48. The Balaban J connectivity index is 0.673. The highest BCUT2D eigenvalue weighted by Gasteiger charge is 2.47. The molecule has 4 aliphatic heterocycles. The van der Waals surface area contributed by atoms with Gasteiger partial charge in [-0.3, -0.25) is 34.4 Å². The lowest BCUT2D eigenvalue weighted by Crippen LogP contribution is -2.70. The average Bonchev–Trinajstić information content (AvgIpc) is 4.16. The molecule has 4 aromatic heterocycles. The number of thiazole rings is 2. The lowest BCUT2D eigenvalue weighted by atomic mass is 9.85. The van der Waals surface area contributed by atoms with Crippen LogP contribution in [0.1, 0.15) is 82.7 Å². The molecule has 0 spiro atoms. The number of amides is 5. The van der Waals surface area contributed by atoms with E-state index in [4.69, 9.17) is 9.47 Å². The summed E-state index contributed by atoms with van der Waals surface area (Å²) in [5.74, 6) is -0.788. The number of piperazine rings is 1. The van der Waals surface area contributed by atoms with Gasteiger partial charge in [-0.25, -0.2) is 24.7 Å². The number of nitrogens with one attached hydrogen (secondary N) is 4. The highest BCUT2D eigenvalue weighted by Crippen LogP contribution is 2.36. The van der Waals surface area contributed by atoms with Gasteiger partial charge in [-0.15, -0.1) is 11.3 Å². The number of β-amino-alcohol motifs (C(OH)–C–C–N with tert-alkyl or cyclic N) is 1. The maximum absolute atomic E-state index is 14.1. The first-order valence-corrected chi connectivity index (χ1v) is 27.9. The van der Waals surface area contributed by atoms with Crippen LogP contribution >= 0.6 is 22.7 Å². The van der Waals surface area contributed by atoms with Gasteiger partial charge in [0.25, 0.3) is 5.91 Å². The lowest BCUT2D eigenvalue weighted by molar-refractivity contribution is -0.144. The number of benzene rings is 2. The quantitative estimate of drug-likeness (QED) is 0.0665. The van der Waals surface area contributed by atoms with Crippen molar-refractivity contribution in [2.24, 2.45) is 5.41 Å². The Morgan fingerprint density at radius 3 is 2.27 bits per heavy atom. The number of hydrogen-bond donors (Lipinski definition) is 5. The molecule has 6 aromatic rings. The monoisotopic (exact) mass is 1080 g/mol. The van der Waals surface area contributed by atoms with Crippen molar-refractivity contribution in [2.75, 3.05) is 48.3 Å². The first-order chi connectivity index (χ1) is 37.0. The molecule has 2 aromatic carbocycles. The maximum Gasteiger partial charge on any atom is 0.411 e. The van der Waals surface area contributed by atoms with Gasteiger partial charge in [-0.1, -0.05) is 68.9 Å². The molecule has 5 atom stereocenters. The third-order valence-corrected chi connectivity index (χ3v) is 16.7. The van der Waals surface area contributed by atoms with E-state index < -0.39 is 48.1 Å². The molecule has 5 fully saturated rings. The van der Waals surface area contributed by atoms with Gasteiger partial charge in [0.2, 0.25) is 23.7 Å². The number of nitrogens with zero attached hydrogens (tertiary/aromatic N) is 8. The van der Waals surface area contributed by atoms with Crippen LogP contribution in [0.5, 0.6) is 5.75 Å². The minimum Gasteiger partial charge on any atom is -0.481 e. The summed E-state index contributed by atoms with van der Waals surface area (Å²) in [6, 6.07) is 13.9. The third-order valence-electron chi connectivity index (χ3n) is 14.8. The second-order valence-corrected chi connectivity index (χ2v) is 23.4. The molecule has 77 heavy (non-hydrogen) atoms. The standard InChI is InChI=1S/C55H64N12O8S2/c1-31-43(62-54(73)75-40-9-7-6-8-10-40)17-36(22-56-31)35-15-16-42-45(18-35)77-53(61-42)64-46(69)28-66-37-19-38(66)26-65(25-37)52-58-23-41(24-59-52)74-29-47(70)63-49(55(3,4)5)51(72)67-27-39(68)20-44(67)50(71)57-21-33-11-13-34(14-12-33)48-32(2)60-30-76-48/h11-18,22-24,30,37-40,44,49,68H,6-10,19-21,25-29H2,1-5H3,(H,57,71)(H,62,73)(H,63,70)(H,61,64,69)/t37-,38+,39-,44+,49-/m1/s1. The number of pyridine rings is 1. The third kappa shape index (κ3) is 12.5. The molecule has 1 saturated carbocycles. The predicted molar refractivity (Wildman–Crippen MR) is 293 cm³/mol. The number of likely N-dealkylation sites (tertiary alicyclic amines) is 1. The van der Waals surface area contributed by atoms with Crippen LogP contribution < -0.4 is 30.9 Å². The number of carbonyl (C=O) groups excluding carboxylic acids is 5. The number of rotatable bonds is 16. The Morgan fingerprint density at radius 1 is 0.818 bits per heavy atom. The molecule has 20 nitrogen and oxygen atoms in total. The van der Waals surface area contributed by atoms with Gasteiger partial charge in [0.05, 0.1) is 62.7 Å². The molecule has 2 bridgehead atoms. The molecule has 404 valence electrons. The molecule has 5 aliphatic rings. The summed E-state index contributed by atoms with van der Waals surface area (Å²) in [6.45, 7) is 10.5. The van der Waals surface area contributed by atoms with Crippen molar-refractivity contribution in [1.29, 1.82) is 0 Å². The zero-order valence-corrected chi connectivity index (χ0v) is 45.4. The van der Waals surface area contributed by atoms with E-state index in [1.54, 1.807) is 17.5 Å². The number of anilines is 3. The molecular formula is C55H64N12O8S2. The Hall–Kier alpha value is -7.14. The van der Waals surface area contributed by atoms with Crippen molar-refractivity contribution in [3.63, 3.8) is 0 Å². The van der Waals surface area contributed by atoms with E-state index in [2.05, 4.69) is 56.0 Å². The Bertz CT molecular complexity index is 3130. The number of aliphatic hydroxyl groups excluding tert-OH is 1. The summed E-state index contributed by atoms with van der Waals surface area (Å²) < 4.78 is 12.3. The van der Waals surface area contributed by atoms with E-state index in [1.807, 2.05) is 88.7 Å². The number of hydrogen-bond acceptors (Lipinski definition) is 17. The van der Waals surface area contributed by atoms with E-state index in [1.165, 1.54) is 35.1 Å². The maximum atomic E-state index is 14.1. The molecule has 4 saturated heterocycles. The fourth-order valence-corrected chi connectivity index (χ4v) is 12.3. The first-order valence-electron chi connectivity index (χ1n) is 26.2. The number of aliphatic hydroxyl groups is 1. The van der Waals surface area contributed by atoms with Crippen LogP contribution in [0.4, 0.5) is 21.6 Å². The number of ether oxygens (including phenoxy) is 2. The summed E-state index contributed by atoms with van der Waals surface area (Å²) in [5.41, 5.74) is 7.71. The molecule has 5 amide bonds. The Labute approximate surface area is 454 Å². The van der Waals surface area contributed by atoms with Crippen molar-refractivity contribution in [3.8, 4) is 27.3 Å². The fourth-order valence-electron chi connectivity index (χ4n) is 10.6. The summed E-state index contributed by atoms with van der Waals surface area (Å²) in [4.78, 5) is 96.4. The van der Waals surface area contributed by atoms with Crippen LogP contribution in [0.25, 0.3) is 31.8 Å². The smallest absolute Gasteiger partial charge is 0.411 e. The minimum atomic E-state index is -1.02. The van der Waals surface area contributed by atoms with Crippen LogP contribution in [0.2, 0.25) is 0 Å². The second-order valence-electron chi connectivity index (χ2n) is 21.5. The summed E-state index contributed by atoms with van der Waals surface area (Å²) in [7, 11) is 0. The molecule has 1 aliphatic carbocycles. The number of aryl methyl sites for hydroxylation is 2. The largest absolute Gasteiger partial charge is 0.481 e. The van der Waals surface area contributed by atoms with Crippen molar-refractivity contribution >= 4 is 79.4 Å². The van der Waals surface area contributed by atoms with Crippen LogP contribution in [0.15, 0.2) is 72.6 Å². The van der Waals surface area contributed by atoms with Crippen LogP contribution in [0, 0.1) is 19.3 Å². The van der Waals surface area contributed by atoms with Crippen molar-refractivity contribution in [2.45, 2.75) is 122 Å². The summed E-state index contributed by atoms with van der Waals surface area (Å²) in [5, 5.41) is 22.8. The number of piperidine rings is 1. The van der Waals surface area contributed by atoms with Gasteiger partial charge in [-0.2, -0.15) is 0 Å². The number of carbonyl (C=O) groups is 5. The van der Waals surface area contributed by atoms with Gasteiger partial charge in [0, 0.05) is 56.4 Å².